The second-order valence-corrected chi connectivity index (χ2v) is 16.8. The molecule has 1 heterocycles. The number of hydrogen-bond donors (Lipinski definition) is 0. The first-order chi connectivity index (χ1) is 33.8. The van der Waals surface area contributed by atoms with Gasteiger partial charge in [0.25, 0.3) is 0 Å². The first kappa shape index (κ1) is 55.5. The van der Waals surface area contributed by atoms with Crippen LogP contribution < -0.4 is 45.5 Å². The maximum absolute atomic E-state index is 13.7. The number of aromatic nitrogens is 3. The van der Waals surface area contributed by atoms with E-state index in [-0.39, 0.29) is 79.2 Å². The Balaban J connectivity index is 1.27. The van der Waals surface area contributed by atoms with Crippen molar-refractivity contribution >= 4 is 36.3 Å². The van der Waals surface area contributed by atoms with Gasteiger partial charge in [0.1, 0.15) is 12.6 Å². The highest BCUT2D eigenvalue weighted by atomic mass is 16.6. The number of carbonyl (C=O) groups excluding carboxylic acids is 6. The highest BCUT2D eigenvalue weighted by Gasteiger charge is 2.17. The van der Waals surface area contributed by atoms with Crippen molar-refractivity contribution in [1.29, 1.82) is 0 Å². The molecule has 0 aliphatic heterocycles. The second-order valence-electron chi connectivity index (χ2n) is 16.8. The molecule has 378 valence electrons. The number of carbonyl (C=O) groups is 6. The maximum atomic E-state index is 13.7. The number of benzene rings is 3. The van der Waals surface area contributed by atoms with E-state index < -0.39 is 35.0 Å². The van der Waals surface area contributed by atoms with Crippen molar-refractivity contribution in [3.05, 3.63) is 103 Å². The molecule has 0 aliphatic rings. The summed E-state index contributed by atoms with van der Waals surface area (Å²) in [4.78, 5) is 112. The van der Waals surface area contributed by atoms with Gasteiger partial charge in [-0.25, -0.2) is 28.1 Å². The van der Waals surface area contributed by atoms with Gasteiger partial charge >= 0.3 is 35.0 Å². The summed E-state index contributed by atoms with van der Waals surface area (Å²) in [5.41, 5.74) is -0.769. The van der Waals surface area contributed by atoms with Crippen LogP contribution in [0.1, 0.15) is 154 Å². The molecule has 0 aliphatic carbocycles. The van der Waals surface area contributed by atoms with Crippen LogP contribution in [0.15, 0.2) is 69.0 Å². The van der Waals surface area contributed by atoms with E-state index in [1.807, 2.05) is 0 Å². The Hall–Kier alpha value is -7.11. The number of ether oxygens (including phenoxy) is 6. The number of Topliss-reactive ketones (excluding diaryl/α,β-unsaturated/α-hetero) is 1. The number of ketones is 1. The Morgan fingerprint density at radius 3 is 1.03 bits per heavy atom. The zero-order valence-corrected chi connectivity index (χ0v) is 40.7. The van der Waals surface area contributed by atoms with E-state index in [4.69, 9.17) is 28.4 Å². The average Bonchev–Trinajstić information content (AvgIpc) is 3.35. The number of esters is 3. The van der Waals surface area contributed by atoms with Crippen LogP contribution in [0.25, 0.3) is 0 Å². The lowest BCUT2D eigenvalue weighted by Gasteiger charge is -2.14. The van der Waals surface area contributed by atoms with E-state index in [0.717, 1.165) is 33.0 Å². The Bertz CT molecular complexity index is 2470. The fourth-order valence-electron chi connectivity index (χ4n) is 7.64. The van der Waals surface area contributed by atoms with Gasteiger partial charge in [-0.3, -0.25) is 28.8 Å². The van der Waals surface area contributed by atoms with Gasteiger partial charge in [0.05, 0.1) is 21.3 Å². The Morgan fingerprint density at radius 1 is 0.414 bits per heavy atom. The highest BCUT2D eigenvalue weighted by molar-refractivity contribution is 5.94. The Labute approximate surface area is 406 Å². The third kappa shape index (κ3) is 17.4. The van der Waals surface area contributed by atoms with Crippen molar-refractivity contribution in [2.45, 2.75) is 142 Å². The first-order valence-electron chi connectivity index (χ1n) is 23.9. The van der Waals surface area contributed by atoms with E-state index in [1.54, 1.807) is 6.07 Å². The molecule has 18 nitrogen and oxygen atoms in total. The van der Waals surface area contributed by atoms with Crippen molar-refractivity contribution in [3.8, 4) is 34.5 Å². The molecule has 3 aromatic carbocycles. The van der Waals surface area contributed by atoms with E-state index in [0.29, 0.717) is 106 Å². The minimum atomic E-state index is -0.663. The monoisotopic (exact) mass is 971 g/mol. The summed E-state index contributed by atoms with van der Waals surface area (Å²) in [5, 5.41) is 0. The van der Waals surface area contributed by atoms with Crippen LogP contribution in [-0.2, 0) is 34.0 Å². The molecule has 0 fully saturated rings. The predicted octanol–water partition coefficient (Wildman–Crippen LogP) is 7.86. The lowest BCUT2D eigenvalue weighted by Crippen LogP contribution is -2.54. The topological polar surface area (TPSA) is 224 Å². The molecule has 0 unspecified atom stereocenters. The van der Waals surface area contributed by atoms with Crippen LogP contribution in [-0.4, -0.2) is 71.3 Å². The zero-order valence-electron chi connectivity index (χ0n) is 40.7. The number of unbranched alkanes of at least 4 members (excludes halogenated alkanes) is 12. The molecular weight excluding hydrogens is 907 g/mol. The molecule has 18 heteroatoms. The second kappa shape index (κ2) is 29.7. The zero-order chi connectivity index (χ0) is 50.8. The summed E-state index contributed by atoms with van der Waals surface area (Å²) in [7, 11) is 4.26. The van der Waals surface area contributed by atoms with E-state index in [9.17, 15) is 43.2 Å². The van der Waals surface area contributed by atoms with Crippen molar-refractivity contribution in [3.63, 3.8) is 0 Å². The van der Waals surface area contributed by atoms with E-state index in [1.165, 1.54) is 76.8 Å². The smallest absolute Gasteiger partial charge is 0.336 e. The predicted molar refractivity (Wildman–Crippen MR) is 259 cm³/mol. The Morgan fingerprint density at radius 2 is 0.714 bits per heavy atom. The number of rotatable bonds is 33. The molecular formula is C52H65N3O15. The van der Waals surface area contributed by atoms with Gasteiger partial charge in [-0.05, 0) is 100 Å². The largest absolute Gasteiger partial charge is 0.493 e. The molecule has 1 aromatic heterocycles. The lowest BCUT2D eigenvalue weighted by molar-refractivity contribution is -0.135. The van der Waals surface area contributed by atoms with Crippen molar-refractivity contribution in [2.75, 3.05) is 21.3 Å². The quantitative estimate of drug-likeness (QED) is 0.0146. The third-order valence-corrected chi connectivity index (χ3v) is 11.6. The van der Waals surface area contributed by atoms with Crippen LogP contribution in [0.4, 0.5) is 0 Å². The molecule has 70 heavy (non-hydrogen) atoms. The molecule has 0 saturated heterocycles. The third-order valence-electron chi connectivity index (χ3n) is 11.6. The minimum Gasteiger partial charge on any atom is -0.493 e. The molecule has 0 amide bonds. The molecule has 0 spiro atoms. The maximum Gasteiger partial charge on any atom is 0.336 e. The molecule has 0 N–H and O–H groups in total. The normalized spacial score (nSPS) is 10.9. The summed E-state index contributed by atoms with van der Waals surface area (Å²) in [6.07, 6.45) is 11.3. The van der Waals surface area contributed by atoms with Gasteiger partial charge in [-0.15, -0.1) is 0 Å². The van der Waals surface area contributed by atoms with Gasteiger partial charge in [0, 0.05) is 55.6 Å². The standard InChI is InChI=1S/C52H65N3O15/c1-37(58)40-25-28-43(46(34-40)67-4)70-49(61)22-16-10-7-13-19-31-55-51(63)53(29-17-11-5-8-14-20-47(59)68-41-26-23-38(35-56)32-44(41)65-2)50(62)54(52(55)64)30-18-12-6-9-15-21-48(60)69-42-27-24-39(36-57)33-45(42)66-3/h23-28,32-36H,5-22,29-31H2,1-4H3. The van der Waals surface area contributed by atoms with E-state index in [2.05, 4.69) is 0 Å². The van der Waals surface area contributed by atoms with Gasteiger partial charge in [0.15, 0.2) is 40.3 Å². The van der Waals surface area contributed by atoms with Gasteiger partial charge in [-0.2, -0.15) is 0 Å². The number of aldehydes is 2. The van der Waals surface area contributed by atoms with Gasteiger partial charge < -0.3 is 28.4 Å². The summed E-state index contributed by atoms with van der Waals surface area (Å²) < 4.78 is 35.4. The number of methoxy groups -OCH3 is 3. The average molecular weight is 972 g/mol. The highest BCUT2D eigenvalue weighted by Crippen LogP contribution is 2.30. The fourth-order valence-corrected chi connectivity index (χ4v) is 7.64. The van der Waals surface area contributed by atoms with Crippen LogP contribution in [0, 0.1) is 0 Å². The van der Waals surface area contributed by atoms with Crippen LogP contribution in [0.2, 0.25) is 0 Å². The fraction of sp³-hybridized carbons (Fsp3) is 0.481. The Kier molecular flexibility index (Phi) is 23.5. The molecule has 4 rings (SSSR count). The van der Waals surface area contributed by atoms with Crippen molar-refractivity contribution < 1.29 is 57.2 Å². The van der Waals surface area contributed by atoms with Gasteiger partial charge in [-0.1, -0.05) is 57.8 Å². The summed E-state index contributed by atoms with van der Waals surface area (Å²) in [5.74, 6) is 0.0556. The lowest BCUT2D eigenvalue weighted by atomic mass is 10.1. The first-order valence-corrected chi connectivity index (χ1v) is 23.9. The van der Waals surface area contributed by atoms with Crippen LogP contribution in [0.5, 0.6) is 34.5 Å². The van der Waals surface area contributed by atoms with Crippen molar-refractivity contribution in [2.24, 2.45) is 0 Å². The van der Waals surface area contributed by atoms with E-state index >= 15 is 0 Å². The SMILES string of the molecule is COc1cc(C=O)ccc1OC(=O)CCCCCCCn1c(=O)n(CCCCCCCC(=O)Oc2ccc(C=O)cc2OC)c(=O)n(CCCCCCCC(=O)Oc2ccc(C(C)=O)cc2OC)c1=O. The summed E-state index contributed by atoms with van der Waals surface area (Å²) >= 11 is 0. The summed E-state index contributed by atoms with van der Waals surface area (Å²) in [6.45, 7) is 1.77. The molecule has 0 radical (unpaired) electrons. The van der Waals surface area contributed by atoms with Crippen LogP contribution >= 0.6 is 0 Å². The summed E-state index contributed by atoms with van der Waals surface area (Å²) in [6, 6.07) is 13.7. The van der Waals surface area contributed by atoms with Crippen LogP contribution in [0.3, 0.4) is 0 Å². The molecule has 0 atom stereocenters. The van der Waals surface area contributed by atoms with Gasteiger partial charge in [0.2, 0.25) is 0 Å². The van der Waals surface area contributed by atoms with Crippen molar-refractivity contribution in [1.82, 2.24) is 13.7 Å². The molecule has 4 aromatic rings. The minimum absolute atomic E-state index is 0.114. The molecule has 0 saturated carbocycles. The number of hydrogen-bond acceptors (Lipinski definition) is 15. The number of nitrogens with zero attached hydrogens (tertiary/aromatic N) is 3. The molecule has 0 bridgehead atoms.